The van der Waals surface area contributed by atoms with E-state index in [0.29, 0.717) is 5.69 Å². The van der Waals surface area contributed by atoms with Crippen molar-refractivity contribution in [3.63, 3.8) is 0 Å². The molecule has 0 aromatic carbocycles. The normalized spacial score (nSPS) is 16.4. The first-order valence-electron chi connectivity index (χ1n) is 4.45. The Bertz CT molecular complexity index is 337. The van der Waals surface area contributed by atoms with Gasteiger partial charge in [0.15, 0.2) is 5.69 Å². The molecular weight excluding hydrogens is 180 g/mol. The monoisotopic (exact) mass is 190 g/mol. The quantitative estimate of drug-likeness (QED) is 0.632. The zero-order valence-electron chi connectivity index (χ0n) is 7.68. The van der Waals surface area contributed by atoms with E-state index in [9.17, 15) is 0 Å². The minimum Gasteiger partial charge on any atom is -0.378 e. The standard InChI is InChI=1S/C9H10N4O/c10-5-8-6-12-9(7-11-8)13-1-3-14-4-2-13/h6-7H,1-4H2. The van der Waals surface area contributed by atoms with Crippen molar-refractivity contribution in [3.8, 4) is 6.07 Å². The summed E-state index contributed by atoms with van der Waals surface area (Å²) in [7, 11) is 0. The van der Waals surface area contributed by atoms with Gasteiger partial charge in [-0.2, -0.15) is 5.26 Å². The number of morpholine rings is 1. The summed E-state index contributed by atoms with van der Waals surface area (Å²) < 4.78 is 5.22. The molecule has 1 aromatic rings. The van der Waals surface area contributed by atoms with Crippen molar-refractivity contribution < 1.29 is 4.74 Å². The molecule has 1 aliphatic heterocycles. The van der Waals surface area contributed by atoms with Crippen molar-refractivity contribution in [3.05, 3.63) is 18.1 Å². The first-order valence-corrected chi connectivity index (χ1v) is 4.45. The van der Waals surface area contributed by atoms with Gasteiger partial charge in [0.25, 0.3) is 0 Å². The Morgan fingerprint density at radius 2 is 2.07 bits per heavy atom. The third-order valence-corrected chi connectivity index (χ3v) is 2.09. The minimum absolute atomic E-state index is 0.349. The van der Waals surface area contributed by atoms with E-state index in [2.05, 4.69) is 14.9 Å². The summed E-state index contributed by atoms with van der Waals surface area (Å²) >= 11 is 0. The van der Waals surface area contributed by atoms with Gasteiger partial charge in [0.05, 0.1) is 25.6 Å². The van der Waals surface area contributed by atoms with Gasteiger partial charge in [0, 0.05) is 13.1 Å². The van der Waals surface area contributed by atoms with Gasteiger partial charge >= 0.3 is 0 Å². The predicted molar refractivity (Wildman–Crippen MR) is 49.8 cm³/mol. The Kier molecular flexibility index (Phi) is 2.56. The molecule has 0 amide bonds. The molecule has 0 unspecified atom stereocenters. The maximum atomic E-state index is 8.55. The number of ether oxygens (including phenoxy) is 1. The van der Waals surface area contributed by atoms with E-state index >= 15 is 0 Å². The number of aromatic nitrogens is 2. The van der Waals surface area contributed by atoms with Crippen LogP contribution in [0.4, 0.5) is 5.82 Å². The molecule has 1 aliphatic rings. The van der Waals surface area contributed by atoms with E-state index in [1.165, 1.54) is 6.20 Å². The second kappa shape index (κ2) is 4.03. The lowest BCUT2D eigenvalue weighted by Crippen LogP contribution is -2.36. The third kappa shape index (κ3) is 1.80. The van der Waals surface area contributed by atoms with Crippen LogP contribution in [0.5, 0.6) is 0 Å². The van der Waals surface area contributed by atoms with Crippen LogP contribution in [-0.2, 0) is 4.74 Å². The van der Waals surface area contributed by atoms with Crippen molar-refractivity contribution >= 4 is 5.82 Å². The smallest absolute Gasteiger partial charge is 0.158 e. The molecule has 0 saturated carbocycles. The SMILES string of the molecule is N#Cc1cnc(N2CCOCC2)cn1. The zero-order chi connectivity index (χ0) is 9.80. The zero-order valence-corrected chi connectivity index (χ0v) is 7.68. The molecule has 1 saturated heterocycles. The molecule has 5 heteroatoms. The molecule has 0 N–H and O–H groups in total. The molecule has 0 spiro atoms. The van der Waals surface area contributed by atoms with Crippen LogP contribution in [-0.4, -0.2) is 36.3 Å². The molecule has 72 valence electrons. The number of hydrogen-bond acceptors (Lipinski definition) is 5. The largest absolute Gasteiger partial charge is 0.378 e. The molecule has 2 rings (SSSR count). The summed E-state index contributed by atoms with van der Waals surface area (Å²) in [6, 6.07) is 1.94. The second-order valence-electron chi connectivity index (χ2n) is 2.97. The lowest BCUT2D eigenvalue weighted by atomic mass is 10.4. The van der Waals surface area contributed by atoms with Gasteiger partial charge in [-0.3, -0.25) is 0 Å². The highest BCUT2D eigenvalue weighted by Gasteiger charge is 2.12. The highest BCUT2D eigenvalue weighted by molar-refractivity contribution is 5.37. The van der Waals surface area contributed by atoms with Crippen LogP contribution < -0.4 is 4.90 Å². The Balaban J connectivity index is 2.12. The number of anilines is 1. The molecule has 5 nitrogen and oxygen atoms in total. The molecule has 0 bridgehead atoms. The van der Waals surface area contributed by atoms with Gasteiger partial charge in [-0.15, -0.1) is 0 Å². The van der Waals surface area contributed by atoms with Crippen molar-refractivity contribution in [2.45, 2.75) is 0 Å². The van der Waals surface area contributed by atoms with E-state index in [1.54, 1.807) is 6.20 Å². The molecule has 1 fully saturated rings. The maximum Gasteiger partial charge on any atom is 0.158 e. The summed E-state index contributed by atoms with van der Waals surface area (Å²) in [5.74, 6) is 0.812. The fourth-order valence-electron chi connectivity index (χ4n) is 1.33. The minimum atomic E-state index is 0.349. The Morgan fingerprint density at radius 3 is 2.64 bits per heavy atom. The van der Waals surface area contributed by atoms with Crippen LogP contribution in [0.25, 0.3) is 0 Å². The Labute approximate surface area is 82.0 Å². The fraction of sp³-hybridized carbons (Fsp3) is 0.444. The first kappa shape index (κ1) is 8.91. The molecular formula is C9H10N4O. The van der Waals surface area contributed by atoms with Gasteiger partial charge in [0.2, 0.25) is 0 Å². The highest BCUT2D eigenvalue weighted by atomic mass is 16.5. The van der Waals surface area contributed by atoms with Crippen molar-refractivity contribution in [2.75, 3.05) is 31.2 Å². The first-order chi connectivity index (χ1) is 6.90. The van der Waals surface area contributed by atoms with Gasteiger partial charge in [-0.05, 0) is 0 Å². The molecule has 0 aliphatic carbocycles. The van der Waals surface area contributed by atoms with Crippen LogP contribution in [0.3, 0.4) is 0 Å². The van der Waals surface area contributed by atoms with E-state index in [-0.39, 0.29) is 0 Å². The highest BCUT2D eigenvalue weighted by Crippen LogP contribution is 2.10. The van der Waals surface area contributed by atoms with Crippen molar-refractivity contribution in [2.24, 2.45) is 0 Å². The molecule has 1 aromatic heterocycles. The van der Waals surface area contributed by atoms with Gasteiger partial charge in [-0.25, -0.2) is 9.97 Å². The Morgan fingerprint density at radius 1 is 1.29 bits per heavy atom. The van der Waals surface area contributed by atoms with Crippen LogP contribution in [0, 0.1) is 11.3 Å². The van der Waals surface area contributed by atoms with Crippen LogP contribution in [0.2, 0.25) is 0 Å². The average Bonchev–Trinajstić information content (AvgIpc) is 2.30. The van der Waals surface area contributed by atoms with Crippen LogP contribution in [0.15, 0.2) is 12.4 Å². The van der Waals surface area contributed by atoms with Crippen molar-refractivity contribution in [1.29, 1.82) is 5.26 Å². The number of nitriles is 1. The predicted octanol–water partition coefficient (Wildman–Crippen LogP) is 0.185. The average molecular weight is 190 g/mol. The summed E-state index contributed by atoms with van der Waals surface area (Å²) in [5.41, 5.74) is 0.349. The summed E-state index contributed by atoms with van der Waals surface area (Å²) in [6.45, 7) is 3.12. The lowest BCUT2D eigenvalue weighted by molar-refractivity contribution is 0.122. The third-order valence-electron chi connectivity index (χ3n) is 2.09. The topological polar surface area (TPSA) is 62.0 Å². The van der Waals surface area contributed by atoms with E-state index in [4.69, 9.17) is 10.00 Å². The van der Waals surface area contributed by atoms with Crippen LogP contribution >= 0.6 is 0 Å². The summed E-state index contributed by atoms with van der Waals surface area (Å²) in [5, 5.41) is 8.55. The second-order valence-corrected chi connectivity index (χ2v) is 2.97. The molecule has 2 heterocycles. The fourth-order valence-corrected chi connectivity index (χ4v) is 1.33. The number of hydrogen-bond donors (Lipinski definition) is 0. The Hall–Kier alpha value is -1.67. The maximum absolute atomic E-state index is 8.55. The van der Waals surface area contributed by atoms with E-state index in [0.717, 1.165) is 32.1 Å². The van der Waals surface area contributed by atoms with Gasteiger partial charge in [0.1, 0.15) is 11.9 Å². The molecule has 14 heavy (non-hydrogen) atoms. The lowest BCUT2D eigenvalue weighted by Gasteiger charge is -2.27. The van der Waals surface area contributed by atoms with Crippen molar-refractivity contribution in [1.82, 2.24) is 9.97 Å². The molecule has 0 radical (unpaired) electrons. The van der Waals surface area contributed by atoms with Gasteiger partial charge < -0.3 is 9.64 Å². The van der Waals surface area contributed by atoms with E-state index in [1.807, 2.05) is 6.07 Å². The van der Waals surface area contributed by atoms with Crippen LogP contribution in [0.1, 0.15) is 5.69 Å². The van der Waals surface area contributed by atoms with Gasteiger partial charge in [-0.1, -0.05) is 0 Å². The molecule has 0 atom stereocenters. The summed E-state index contributed by atoms with van der Waals surface area (Å²) in [4.78, 5) is 10.2. The van der Waals surface area contributed by atoms with E-state index < -0.39 is 0 Å². The number of nitrogens with zero attached hydrogens (tertiary/aromatic N) is 4. The summed E-state index contributed by atoms with van der Waals surface area (Å²) in [6.07, 6.45) is 3.12. The number of rotatable bonds is 1.